The Morgan fingerprint density at radius 3 is 2.08 bits per heavy atom. The molecule has 0 aromatic rings. The molecule has 1 aliphatic rings. The maximum Gasteiger partial charge on any atom is 0.341 e. The molecule has 0 radical (unpaired) electrons. The largest absolute Gasteiger partial charge is 0.481 e. The molecule has 2 unspecified atom stereocenters. The summed E-state index contributed by atoms with van der Waals surface area (Å²) in [5.74, 6) is -6.36. The molecule has 0 aliphatic carbocycles. The first-order valence-corrected chi connectivity index (χ1v) is 8.25. The SMILES string of the molecule is CC[C@@]1(C(C(OC)OC)C(C(=O)O)C(=O)OC)O[C@@H](C(C)(C)C)OC1=O. The maximum atomic E-state index is 12.8. The zero-order chi connectivity index (χ0) is 20.3. The minimum atomic E-state index is -1.75. The molecule has 26 heavy (non-hydrogen) atoms. The van der Waals surface area contributed by atoms with Crippen LogP contribution in [0.1, 0.15) is 34.1 Å². The van der Waals surface area contributed by atoms with Gasteiger partial charge < -0.3 is 28.8 Å². The van der Waals surface area contributed by atoms with Crippen LogP contribution in [-0.2, 0) is 38.1 Å². The van der Waals surface area contributed by atoms with Crippen molar-refractivity contribution in [3.05, 3.63) is 0 Å². The van der Waals surface area contributed by atoms with Crippen LogP contribution in [0.25, 0.3) is 0 Å². The molecule has 1 rings (SSSR count). The average Bonchev–Trinajstić information content (AvgIpc) is 2.92. The fourth-order valence-electron chi connectivity index (χ4n) is 3.06. The van der Waals surface area contributed by atoms with E-state index in [1.807, 2.05) is 20.8 Å². The Morgan fingerprint density at radius 2 is 1.77 bits per heavy atom. The van der Waals surface area contributed by atoms with Crippen LogP contribution in [0, 0.1) is 17.3 Å². The van der Waals surface area contributed by atoms with Crippen LogP contribution in [-0.4, -0.2) is 62.5 Å². The van der Waals surface area contributed by atoms with Gasteiger partial charge in [0, 0.05) is 19.6 Å². The lowest BCUT2D eigenvalue weighted by atomic mass is 9.75. The standard InChI is InChI=1S/C17H28O9/c1-8-17(14(21)25-15(26-17)16(2,3)4)10(13(23-6)24-7)9(11(18)19)12(20)22-5/h9-10,13,15H,8H2,1-7H3,(H,18,19)/t9?,10?,15-,17-/m0/s1. The van der Waals surface area contributed by atoms with Gasteiger partial charge in [0.05, 0.1) is 13.0 Å². The predicted octanol–water partition coefficient (Wildman–Crippen LogP) is 1.19. The second kappa shape index (κ2) is 8.32. The molecular formula is C17H28O9. The van der Waals surface area contributed by atoms with Crippen LogP contribution in [0.3, 0.4) is 0 Å². The first-order valence-electron chi connectivity index (χ1n) is 8.25. The molecule has 1 aliphatic heterocycles. The van der Waals surface area contributed by atoms with Crippen LogP contribution >= 0.6 is 0 Å². The molecule has 4 atom stereocenters. The van der Waals surface area contributed by atoms with Gasteiger partial charge in [-0.1, -0.05) is 27.7 Å². The number of methoxy groups -OCH3 is 3. The summed E-state index contributed by atoms with van der Waals surface area (Å²) in [5.41, 5.74) is -2.30. The second-order valence-corrected chi connectivity index (χ2v) is 7.17. The summed E-state index contributed by atoms with van der Waals surface area (Å²) in [6, 6.07) is 0. The van der Waals surface area contributed by atoms with E-state index < -0.39 is 53.3 Å². The van der Waals surface area contributed by atoms with Crippen molar-refractivity contribution in [2.45, 2.75) is 52.3 Å². The second-order valence-electron chi connectivity index (χ2n) is 7.17. The lowest BCUT2D eigenvalue weighted by molar-refractivity contribution is -0.229. The summed E-state index contributed by atoms with van der Waals surface area (Å²) in [7, 11) is 3.62. The Labute approximate surface area is 152 Å². The zero-order valence-corrected chi connectivity index (χ0v) is 16.2. The normalized spacial score (nSPS) is 25.7. The molecule has 9 nitrogen and oxygen atoms in total. The van der Waals surface area contributed by atoms with Crippen molar-refractivity contribution in [2.24, 2.45) is 17.3 Å². The Kier molecular flexibility index (Phi) is 7.15. The number of carboxylic acid groups (broad SMARTS) is 1. The minimum Gasteiger partial charge on any atom is -0.481 e. The van der Waals surface area contributed by atoms with Crippen molar-refractivity contribution in [3.63, 3.8) is 0 Å². The number of cyclic esters (lactones) is 1. The molecule has 0 aromatic carbocycles. The number of ether oxygens (including phenoxy) is 5. The predicted molar refractivity (Wildman–Crippen MR) is 87.9 cm³/mol. The average molecular weight is 376 g/mol. The van der Waals surface area contributed by atoms with Gasteiger partial charge in [0.25, 0.3) is 0 Å². The van der Waals surface area contributed by atoms with Crippen LogP contribution in [0.5, 0.6) is 0 Å². The summed E-state index contributed by atoms with van der Waals surface area (Å²) in [5, 5.41) is 9.65. The van der Waals surface area contributed by atoms with Gasteiger partial charge in [0.1, 0.15) is 0 Å². The number of rotatable bonds is 8. The fourth-order valence-corrected chi connectivity index (χ4v) is 3.06. The van der Waals surface area contributed by atoms with E-state index in [0.29, 0.717) is 0 Å². The number of carboxylic acids is 1. The van der Waals surface area contributed by atoms with Gasteiger partial charge in [-0.2, -0.15) is 0 Å². The monoisotopic (exact) mass is 376 g/mol. The highest BCUT2D eigenvalue weighted by atomic mass is 16.8. The van der Waals surface area contributed by atoms with Crippen LogP contribution in [0.2, 0.25) is 0 Å². The number of esters is 2. The van der Waals surface area contributed by atoms with Crippen LogP contribution < -0.4 is 0 Å². The third kappa shape index (κ3) is 3.99. The highest BCUT2D eigenvalue weighted by Crippen LogP contribution is 2.45. The van der Waals surface area contributed by atoms with Crippen molar-refractivity contribution in [1.82, 2.24) is 0 Å². The molecular weight excluding hydrogens is 348 g/mol. The third-order valence-electron chi connectivity index (χ3n) is 4.49. The maximum absolute atomic E-state index is 12.8. The smallest absolute Gasteiger partial charge is 0.341 e. The Balaban J connectivity index is 3.54. The molecule has 9 heteroatoms. The number of carbonyl (C=O) groups excluding carboxylic acids is 2. The van der Waals surface area contributed by atoms with Crippen molar-refractivity contribution >= 4 is 17.9 Å². The molecule has 1 fully saturated rings. The van der Waals surface area contributed by atoms with Gasteiger partial charge in [-0.25, -0.2) is 4.79 Å². The van der Waals surface area contributed by atoms with Gasteiger partial charge in [-0.05, 0) is 6.42 Å². The molecule has 1 heterocycles. The zero-order valence-electron chi connectivity index (χ0n) is 16.2. The van der Waals surface area contributed by atoms with E-state index in [-0.39, 0.29) is 6.42 Å². The van der Waals surface area contributed by atoms with Gasteiger partial charge in [0.2, 0.25) is 6.29 Å². The van der Waals surface area contributed by atoms with Crippen LogP contribution in [0.4, 0.5) is 0 Å². The number of aliphatic carboxylic acids is 1. The van der Waals surface area contributed by atoms with Crippen molar-refractivity contribution in [2.75, 3.05) is 21.3 Å². The highest BCUT2D eigenvalue weighted by Gasteiger charge is 2.63. The van der Waals surface area contributed by atoms with E-state index in [1.54, 1.807) is 6.92 Å². The summed E-state index contributed by atoms with van der Waals surface area (Å²) >= 11 is 0. The Bertz CT molecular complexity index is 535. The highest BCUT2D eigenvalue weighted by molar-refractivity contribution is 5.96. The quantitative estimate of drug-likeness (QED) is 0.378. The summed E-state index contributed by atoms with van der Waals surface area (Å²) < 4.78 is 26.4. The molecule has 150 valence electrons. The van der Waals surface area contributed by atoms with E-state index in [9.17, 15) is 19.5 Å². The van der Waals surface area contributed by atoms with E-state index in [1.165, 1.54) is 14.2 Å². The van der Waals surface area contributed by atoms with E-state index >= 15 is 0 Å². The molecule has 0 amide bonds. The topological polar surface area (TPSA) is 118 Å². The summed E-state index contributed by atoms with van der Waals surface area (Å²) in [4.78, 5) is 36.9. The first kappa shape index (κ1) is 22.3. The van der Waals surface area contributed by atoms with Gasteiger partial charge in [-0.15, -0.1) is 0 Å². The van der Waals surface area contributed by atoms with E-state index in [2.05, 4.69) is 4.74 Å². The third-order valence-corrected chi connectivity index (χ3v) is 4.49. The van der Waals surface area contributed by atoms with E-state index in [4.69, 9.17) is 18.9 Å². The summed E-state index contributed by atoms with van der Waals surface area (Å²) in [6.07, 6.45) is -2.09. The van der Waals surface area contributed by atoms with Gasteiger partial charge in [0.15, 0.2) is 17.8 Å². The lowest BCUT2D eigenvalue weighted by Gasteiger charge is -2.39. The number of carbonyl (C=O) groups is 3. The van der Waals surface area contributed by atoms with E-state index in [0.717, 1.165) is 7.11 Å². The lowest BCUT2D eigenvalue weighted by Crippen LogP contribution is -2.57. The fraction of sp³-hybridized carbons (Fsp3) is 0.824. The Morgan fingerprint density at radius 1 is 1.23 bits per heavy atom. The Hall–Kier alpha value is -1.71. The molecule has 1 N–H and O–H groups in total. The molecule has 0 aromatic heterocycles. The van der Waals surface area contributed by atoms with Crippen molar-refractivity contribution < 1.29 is 43.2 Å². The first-order chi connectivity index (χ1) is 12.0. The van der Waals surface area contributed by atoms with Gasteiger partial charge in [-0.3, -0.25) is 9.59 Å². The van der Waals surface area contributed by atoms with Gasteiger partial charge >= 0.3 is 17.9 Å². The number of hydrogen-bond donors (Lipinski definition) is 1. The van der Waals surface area contributed by atoms with Crippen molar-refractivity contribution in [1.29, 1.82) is 0 Å². The molecule has 0 bridgehead atoms. The molecule has 1 saturated heterocycles. The molecule has 0 saturated carbocycles. The van der Waals surface area contributed by atoms with Crippen molar-refractivity contribution in [3.8, 4) is 0 Å². The minimum absolute atomic E-state index is 0.0487. The summed E-state index contributed by atoms with van der Waals surface area (Å²) in [6.45, 7) is 7.07. The molecule has 0 spiro atoms. The number of hydrogen-bond acceptors (Lipinski definition) is 8. The van der Waals surface area contributed by atoms with Crippen LogP contribution in [0.15, 0.2) is 0 Å².